The van der Waals surface area contributed by atoms with Crippen LogP contribution in [-0.2, 0) is 11.2 Å². The van der Waals surface area contributed by atoms with Crippen molar-refractivity contribution in [2.24, 2.45) is 4.99 Å². The molecule has 1 N–H and O–H groups in total. The van der Waals surface area contributed by atoms with E-state index in [-0.39, 0.29) is 17.3 Å². The van der Waals surface area contributed by atoms with E-state index in [9.17, 15) is 4.79 Å². The minimum absolute atomic E-state index is 0.132. The van der Waals surface area contributed by atoms with Crippen molar-refractivity contribution >= 4 is 23.0 Å². The molecule has 2 heterocycles. The molecule has 0 spiro atoms. The molecule has 0 unspecified atom stereocenters. The first kappa shape index (κ1) is 13.0. The Morgan fingerprint density at radius 2 is 1.83 bits per heavy atom. The van der Waals surface area contributed by atoms with Gasteiger partial charge in [0.2, 0.25) is 0 Å². The number of ketones is 1. The number of Topliss-reactive ketones (excluding diaryl/α,β-unsaturated/α-hetero) is 1. The molecule has 1 saturated heterocycles. The Hall–Kier alpha value is -3.28. The lowest BCUT2D eigenvalue weighted by molar-refractivity contribution is -0.118. The lowest BCUT2D eigenvalue weighted by Gasteiger charge is -2.31. The van der Waals surface area contributed by atoms with Crippen molar-refractivity contribution in [1.29, 1.82) is 0 Å². The quantitative estimate of drug-likeness (QED) is 0.798. The maximum Gasteiger partial charge on any atom is 0.193 e. The van der Waals surface area contributed by atoms with Crippen molar-refractivity contribution in [3.05, 3.63) is 59.3 Å². The molecule has 2 aliphatic heterocycles. The number of nitrogens with zero attached hydrogens (tertiary/aromatic N) is 2. The standard InChI is InChI=1S/C23H25N3O3/c1-23(2)21(27)20(19-10-14-8-6-7-9-18(14)25-19)22(24-3)26(23)15-11-16(28-4)13-17(12-15)29-5/h6-9,11-13,25H,10H2,1-5H3/i4D3,5D3. The smallest absolute Gasteiger partial charge is 0.193 e. The molecule has 150 valence electrons. The van der Waals surface area contributed by atoms with Crippen LogP contribution in [0.15, 0.2) is 58.7 Å². The molecule has 0 atom stereocenters. The van der Waals surface area contributed by atoms with Gasteiger partial charge in [0.1, 0.15) is 22.9 Å². The first-order valence-corrected chi connectivity index (χ1v) is 9.13. The number of aliphatic imine (C=N–C) groups is 1. The predicted molar refractivity (Wildman–Crippen MR) is 115 cm³/mol. The summed E-state index contributed by atoms with van der Waals surface area (Å²) in [6.07, 6.45) is 0.524. The van der Waals surface area contributed by atoms with Crippen LogP contribution < -0.4 is 19.7 Å². The molecule has 2 aromatic rings. The number of carbonyl (C=O) groups is 1. The number of anilines is 2. The Bertz CT molecular complexity index is 1190. The topological polar surface area (TPSA) is 63.2 Å². The Morgan fingerprint density at radius 1 is 1.14 bits per heavy atom. The number of ether oxygens (including phenoxy) is 2. The van der Waals surface area contributed by atoms with Gasteiger partial charge in [-0.25, -0.2) is 0 Å². The van der Waals surface area contributed by atoms with Gasteiger partial charge in [0.15, 0.2) is 5.78 Å². The van der Waals surface area contributed by atoms with E-state index in [0.717, 1.165) is 11.3 Å². The van der Waals surface area contributed by atoms with Gasteiger partial charge in [-0.2, -0.15) is 0 Å². The number of hydrogen-bond acceptors (Lipinski definition) is 5. The summed E-state index contributed by atoms with van der Waals surface area (Å²) in [5.74, 6) is -0.0871. The van der Waals surface area contributed by atoms with Crippen LogP contribution in [0.25, 0.3) is 0 Å². The number of para-hydroxylation sites is 1. The molecule has 2 aromatic carbocycles. The summed E-state index contributed by atoms with van der Waals surface area (Å²) in [4.78, 5) is 19.7. The summed E-state index contributed by atoms with van der Waals surface area (Å²) in [5.41, 5.74) is 2.27. The Labute approximate surface area is 179 Å². The number of rotatable bonds is 3. The average molecular weight is 398 g/mol. The lowest BCUT2D eigenvalue weighted by atomic mass is 9.96. The van der Waals surface area contributed by atoms with Gasteiger partial charge in [0.25, 0.3) is 0 Å². The van der Waals surface area contributed by atoms with E-state index in [0.29, 0.717) is 29.2 Å². The van der Waals surface area contributed by atoms with Crippen molar-refractivity contribution < 1.29 is 22.5 Å². The zero-order valence-electron chi connectivity index (χ0n) is 22.4. The van der Waals surface area contributed by atoms with E-state index < -0.39 is 19.6 Å². The average Bonchev–Trinajstić information content (AvgIpc) is 3.21. The number of methoxy groups -OCH3 is 2. The summed E-state index contributed by atoms with van der Waals surface area (Å²) in [6, 6.07) is 11.8. The van der Waals surface area contributed by atoms with Crippen LogP contribution in [0.4, 0.5) is 11.4 Å². The van der Waals surface area contributed by atoms with Crippen LogP contribution in [-0.4, -0.2) is 38.3 Å². The fourth-order valence-corrected chi connectivity index (χ4v) is 3.96. The monoisotopic (exact) mass is 397 g/mol. The number of carbonyl (C=O) groups excluding carboxylic acids is 1. The first-order chi connectivity index (χ1) is 16.2. The van der Waals surface area contributed by atoms with Gasteiger partial charge in [0.05, 0.1) is 33.6 Å². The molecule has 0 aliphatic carbocycles. The molecule has 29 heavy (non-hydrogen) atoms. The van der Waals surface area contributed by atoms with Gasteiger partial charge in [-0.1, -0.05) is 18.2 Å². The van der Waals surface area contributed by atoms with Crippen LogP contribution in [0.1, 0.15) is 27.6 Å². The number of amidine groups is 1. The van der Waals surface area contributed by atoms with Crippen molar-refractivity contribution in [2.45, 2.75) is 25.8 Å². The third-order valence-corrected chi connectivity index (χ3v) is 5.32. The summed E-state index contributed by atoms with van der Waals surface area (Å²) in [6.45, 7) is 3.44. The van der Waals surface area contributed by atoms with E-state index in [1.165, 1.54) is 18.2 Å². The zero-order chi connectivity index (χ0) is 25.8. The molecule has 4 rings (SSSR count). The molecule has 6 nitrogen and oxygen atoms in total. The Balaban J connectivity index is 1.84. The number of nitrogens with one attached hydrogen (secondary N) is 1. The molecule has 6 heteroatoms. The van der Waals surface area contributed by atoms with Gasteiger partial charge in [-0.05, 0) is 25.5 Å². The molecular formula is C23H25N3O3. The largest absolute Gasteiger partial charge is 0.497 e. The first-order valence-electron chi connectivity index (χ1n) is 12.1. The minimum atomic E-state index is -2.78. The zero-order valence-corrected chi connectivity index (χ0v) is 16.4. The molecular weight excluding hydrogens is 366 g/mol. The fourth-order valence-electron chi connectivity index (χ4n) is 3.96. The minimum Gasteiger partial charge on any atom is -0.497 e. The van der Waals surface area contributed by atoms with Crippen molar-refractivity contribution in [2.75, 3.05) is 31.3 Å². The summed E-state index contributed by atoms with van der Waals surface area (Å²) < 4.78 is 54.8. The normalized spacial score (nSPS) is 25.3. The highest BCUT2D eigenvalue weighted by Crippen LogP contribution is 2.41. The molecule has 0 saturated carbocycles. The van der Waals surface area contributed by atoms with Crippen LogP contribution in [0.2, 0.25) is 0 Å². The predicted octanol–water partition coefficient (Wildman–Crippen LogP) is 3.82. The number of hydrogen-bond donors (Lipinski definition) is 1. The van der Waals surface area contributed by atoms with Gasteiger partial charge < -0.3 is 19.7 Å². The maximum absolute atomic E-state index is 13.7. The second kappa shape index (κ2) is 6.95. The molecule has 0 amide bonds. The summed E-state index contributed by atoms with van der Waals surface area (Å²) in [5, 5.41) is 3.32. The Morgan fingerprint density at radius 3 is 2.45 bits per heavy atom. The highest BCUT2D eigenvalue weighted by molar-refractivity contribution is 6.37. The summed E-state index contributed by atoms with van der Waals surface area (Å²) >= 11 is 0. The number of benzene rings is 2. The van der Waals surface area contributed by atoms with E-state index >= 15 is 0 Å². The van der Waals surface area contributed by atoms with E-state index in [4.69, 9.17) is 17.7 Å². The maximum atomic E-state index is 13.7. The van der Waals surface area contributed by atoms with Crippen LogP contribution in [0.5, 0.6) is 11.5 Å². The third-order valence-electron chi connectivity index (χ3n) is 5.32. The summed E-state index contributed by atoms with van der Waals surface area (Å²) in [7, 11) is -4.00. The lowest BCUT2D eigenvalue weighted by Crippen LogP contribution is -2.44. The van der Waals surface area contributed by atoms with Gasteiger partial charge in [-0.15, -0.1) is 0 Å². The van der Waals surface area contributed by atoms with Crippen LogP contribution in [0, 0.1) is 0 Å². The molecule has 0 radical (unpaired) electrons. The Kier molecular flexibility index (Phi) is 3.13. The van der Waals surface area contributed by atoms with E-state index in [1.54, 1.807) is 25.8 Å². The van der Waals surface area contributed by atoms with Gasteiger partial charge >= 0.3 is 0 Å². The number of fused-ring (bicyclic) bond motifs is 1. The van der Waals surface area contributed by atoms with Crippen LogP contribution >= 0.6 is 0 Å². The molecule has 0 aromatic heterocycles. The second-order valence-corrected chi connectivity index (χ2v) is 7.45. The number of allylic oxidation sites excluding steroid dienone is 1. The highest BCUT2D eigenvalue weighted by Gasteiger charge is 2.50. The molecule has 1 fully saturated rings. The van der Waals surface area contributed by atoms with Gasteiger partial charge in [-0.3, -0.25) is 9.79 Å². The fraction of sp³-hybridized carbons (Fsp3) is 0.304. The SMILES string of the molecule is [2H]C([2H])([2H])Oc1cc(OC([2H])([2H])[2H])cc(N2C(=NC)C(=C3Cc4ccccc4N3)C(=O)C2(C)C)c1. The molecule has 0 bridgehead atoms. The molecule has 2 aliphatic rings. The van der Waals surface area contributed by atoms with E-state index in [1.807, 2.05) is 24.3 Å². The third kappa shape index (κ3) is 2.95. The van der Waals surface area contributed by atoms with Crippen molar-refractivity contribution in [1.82, 2.24) is 0 Å². The van der Waals surface area contributed by atoms with Crippen LogP contribution in [0.3, 0.4) is 0 Å². The van der Waals surface area contributed by atoms with E-state index in [2.05, 4.69) is 10.3 Å². The van der Waals surface area contributed by atoms with Crippen molar-refractivity contribution in [3.63, 3.8) is 0 Å². The van der Waals surface area contributed by atoms with Crippen molar-refractivity contribution in [3.8, 4) is 11.5 Å². The second-order valence-electron chi connectivity index (χ2n) is 7.45. The van der Waals surface area contributed by atoms with Gasteiger partial charge in [0, 0.05) is 43.1 Å². The highest BCUT2D eigenvalue weighted by atomic mass is 16.5.